The highest BCUT2D eigenvalue weighted by molar-refractivity contribution is 5.49. The summed E-state index contributed by atoms with van der Waals surface area (Å²) >= 11 is 0. The van der Waals surface area contributed by atoms with Crippen molar-refractivity contribution in [3.8, 4) is 5.75 Å². The van der Waals surface area contributed by atoms with Crippen LogP contribution in [-0.2, 0) is 0 Å². The van der Waals surface area contributed by atoms with Gasteiger partial charge in [0, 0.05) is 38.3 Å². The number of rotatable bonds is 6. The minimum atomic E-state index is -0.367. The average molecular weight is 307 g/mol. The molecule has 0 bridgehead atoms. The lowest BCUT2D eigenvalue weighted by Crippen LogP contribution is -2.46. The zero-order chi connectivity index (χ0) is 16.1. The summed E-state index contributed by atoms with van der Waals surface area (Å²) in [6, 6.07) is 5.56. The van der Waals surface area contributed by atoms with Gasteiger partial charge in [-0.1, -0.05) is 26.3 Å². The lowest BCUT2D eigenvalue weighted by atomic mass is 9.90. The number of nitro groups is 1. The standard InChI is InChI=1S/C16H25N3O3/c1-4-12(2)16(18-9-7-17-8-10-18)13-5-6-15(22-3)14(11-13)19(20)21/h5-6,11-12,16-17H,4,7-10H2,1-3H3/t12?,16-/m1/s1. The Balaban J connectivity index is 2.38. The van der Waals surface area contributed by atoms with Crippen molar-refractivity contribution in [1.82, 2.24) is 10.2 Å². The first-order chi connectivity index (χ1) is 10.6. The fourth-order valence-corrected chi connectivity index (χ4v) is 3.12. The SMILES string of the molecule is CCC(C)[C@H](c1ccc(OC)c([N+](=O)[O-])c1)N1CCNCC1. The fourth-order valence-electron chi connectivity index (χ4n) is 3.12. The zero-order valence-electron chi connectivity index (χ0n) is 13.5. The van der Waals surface area contributed by atoms with E-state index in [2.05, 4.69) is 24.1 Å². The number of nitrogens with zero attached hydrogens (tertiary/aromatic N) is 2. The Morgan fingerprint density at radius 1 is 1.41 bits per heavy atom. The molecule has 6 heteroatoms. The molecule has 0 radical (unpaired) electrons. The highest BCUT2D eigenvalue weighted by Crippen LogP contribution is 2.36. The number of ether oxygens (including phenoxy) is 1. The maximum Gasteiger partial charge on any atom is 0.311 e. The predicted molar refractivity (Wildman–Crippen MR) is 86.3 cm³/mol. The molecule has 6 nitrogen and oxygen atoms in total. The molecule has 1 saturated heterocycles. The summed E-state index contributed by atoms with van der Waals surface area (Å²) in [6.07, 6.45) is 1.04. The van der Waals surface area contributed by atoms with Crippen molar-refractivity contribution in [3.05, 3.63) is 33.9 Å². The number of methoxy groups -OCH3 is 1. The highest BCUT2D eigenvalue weighted by atomic mass is 16.6. The number of nitro benzene ring substituents is 1. The van der Waals surface area contributed by atoms with Crippen LogP contribution < -0.4 is 10.1 Å². The number of nitrogens with one attached hydrogen (secondary N) is 1. The van der Waals surface area contributed by atoms with E-state index in [1.54, 1.807) is 12.1 Å². The maximum absolute atomic E-state index is 11.3. The van der Waals surface area contributed by atoms with Crippen LogP contribution in [0.4, 0.5) is 5.69 Å². The third-order valence-electron chi connectivity index (χ3n) is 4.47. The lowest BCUT2D eigenvalue weighted by Gasteiger charge is -2.38. The molecule has 1 N–H and O–H groups in total. The Kier molecular flexibility index (Phi) is 5.74. The molecule has 122 valence electrons. The summed E-state index contributed by atoms with van der Waals surface area (Å²) in [5, 5.41) is 14.6. The van der Waals surface area contributed by atoms with E-state index < -0.39 is 0 Å². The van der Waals surface area contributed by atoms with E-state index in [0.717, 1.165) is 38.2 Å². The summed E-state index contributed by atoms with van der Waals surface area (Å²) in [7, 11) is 1.46. The predicted octanol–water partition coefficient (Wildman–Crippen LogP) is 2.60. The fraction of sp³-hybridized carbons (Fsp3) is 0.625. The van der Waals surface area contributed by atoms with Gasteiger partial charge in [0.05, 0.1) is 12.0 Å². The molecule has 0 spiro atoms. The highest BCUT2D eigenvalue weighted by Gasteiger charge is 2.28. The number of piperazine rings is 1. The van der Waals surface area contributed by atoms with E-state index in [0.29, 0.717) is 11.7 Å². The molecule has 1 fully saturated rings. The first kappa shape index (κ1) is 16.7. The molecule has 1 heterocycles. The first-order valence-corrected chi connectivity index (χ1v) is 7.85. The second-order valence-corrected chi connectivity index (χ2v) is 5.80. The van der Waals surface area contributed by atoms with Gasteiger partial charge in [0.15, 0.2) is 5.75 Å². The van der Waals surface area contributed by atoms with Crippen molar-refractivity contribution in [3.63, 3.8) is 0 Å². The van der Waals surface area contributed by atoms with Crippen LogP contribution in [0.2, 0.25) is 0 Å². The van der Waals surface area contributed by atoms with Gasteiger partial charge in [0.2, 0.25) is 0 Å². The Morgan fingerprint density at radius 2 is 2.09 bits per heavy atom. The van der Waals surface area contributed by atoms with Crippen LogP contribution in [0.15, 0.2) is 18.2 Å². The third kappa shape index (κ3) is 3.56. The molecule has 0 aliphatic carbocycles. The third-order valence-corrected chi connectivity index (χ3v) is 4.47. The van der Waals surface area contributed by atoms with Crippen LogP contribution in [0.1, 0.15) is 31.9 Å². The molecule has 0 saturated carbocycles. The van der Waals surface area contributed by atoms with Crippen LogP contribution >= 0.6 is 0 Å². The second kappa shape index (κ2) is 7.56. The van der Waals surface area contributed by atoms with Crippen LogP contribution in [0.5, 0.6) is 5.75 Å². The maximum atomic E-state index is 11.3. The molecule has 1 aromatic carbocycles. The number of benzene rings is 1. The van der Waals surface area contributed by atoms with Gasteiger partial charge >= 0.3 is 5.69 Å². The van der Waals surface area contributed by atoms with E-state index in [-0.39, 0.29) is 16.7 Å². The van der Waals surface area contributed by atoms with Gasteiger partial charge in [-0.05, 0) is 17.5 Å². The Morgan fingerprint density at radius 3 is 2.64 bits per heavy atom. The molecule has 22 heavy (non-hydrogen) atoms. The first-order valence-electron chi connectivity index (χ1n) is 7.85. The van der Waals surface area contributed by atoms with Gasteiger partial charge in [-0.2, -0.15) is 0 Å². The summed E-state index contributed by atoms with van der Waals surface area (Å²) in [5.41, 5.74) is 1.05. The van der Waals surface area contributed by atoms with Gasteiger partial charge in [-0.25, -0.2) is 0 Å². The minimum absolute atomic E-state index is 0.0448. The summed E-state index contributed by atoms with van der Waals surface area (Å²) in [4.78, 5) is 13.3. The van der Waals surface area contributed by atoms with Crippen LogP contribution in [0, 0.1) is 16.0 Å². The van der Waals surface area contributed by atoms with Crippen molar-refractivity contribution in [2.75, 3.05) is 33.3 Å². The van der Waals surface area contributed by atoms with Crippen LogP contribution in [0.25, 0.3) is 0 Å². The summed E-state index contributed by atoms with van der Waals surface area (Å²) in [6.45, 7) is 8.24. The monoisotopic (exact) mass is 307 g/mol. The van der Waals surface area contributed by atoms with E-state index >= 15 is 0 Å². The number of hydrogen-bond donors (Lipinski definition) is 1. The molecular weight excluding hydrogens is 282 g/mol. The van der Waals surface area contributed by atoms with E-state index in [9.17, 15) is 10.1 Å². The Bertz CT molecular complexity index is 515. The van der Waals surface area contributed by atoms with Crippen molar-refractivity contribution in [2.45, 2.75) is 26.3 Å². The van der Waals surface area contributed by atoms with Crippen molar-refractivity contribution >= 4 is 5.69 Å². The molecule has 2 rings (SSSR count). The van der Waals surface area contributed by atoms with Gasteiger partial charge in [-0.15, -0.1) is 0 Å². The van der Waals surface area contributed by atoms with E-state index in [4.69, 9.17) is 4.74 Å². The molecule has 1 unspecified atom stereocenters. The van der Waals surface area contributed by atoms with Gasteiger partial charge in [-0.3, -0.25) is 15.0 Å². The molecule has 1 aliphatic rings. The zero-order valence-corrected chi connectivity index (χ0v) is 13.5. The summed E-state index contributed by atoms with van der Waals surface area (Å²) in [5.74, 6) is 0.753. The van der Waals surface area contributed by atoms with Crippen molar-refractivity contribution in [1.29, 1.82) is 0 Å². The smallest absolute Gasteiger partial charge is 0.311 e. The van der Waals surface area contributed by atoms with Crippen LogP contribution in [-0.4, -0.2) is 43.1 Å². The van der Waals surface area contributed by atoms with E-state index in [1.165, 1.54) is 7.11 Å². The number of hydrogen-bond acceptors (Lipinski definition) is 5. The average Bonchev–Trinajstić information content (AvgIpc) is 2.55. The molecule has 0 aromatic heterocycles. The quantitative estimate of drug-likeness (QED) is 0.646. The Hall–Kier alpha value is -1.66. The molecule has 1 aromatic rings. The van der Waals surface area contributed by atoms with Gasteiger partial charge in [0.1, 0.15) is 0 Å². The molecule has 1 aliphatic heterocycles. The lowest BCUT2D eigenvalue weighted by molar-refractivity contribution is -0.385. The summed E-state index contributed by atoms with van der Waals surface area (Å²) < 4.78 is 5.11. The normalized spacial score (nSPS) is 18.7. The van der Waals surface area contributed by atoms with Crippen LogP contribution in [0.3, 0.4) is 0 Å². The van der Waals surface area contributed by atoms with Gasteiger partial charge in [0.25, 0.3) is 0 Å². The minimum Gasteiger partial charge on any atom is -0.490 e. The Labute approximate surface area is 131 Å². The topological polar surface area (TPSA) is 67.6 Å². The second-order valence-electron chi connectivity index (χ2n) is 5.80. The van der Waals surface area contributed by atoms with Crippen molar-refractivity contribution in [2.24, 2.45) is 5.92 Å². The van der Waals surface area contributed by atoms with Gasteiger partial charge < -0.3 is 10.1 Å². The molecule has 0 amide bonds. The van der Waals surface area contributed by atoms with E-state index in [1.807, 2.05) is 6.07 Å². The van der Waals surface area contributed by atoms with Crippen molar-refractivity contribution < 1.29 is 9.66 Å². The molecule has 2 atom stereocenters. The largest absolute Gasteiger partial charge is 0.490 e. The molecular formula is C16H25N3O3.